The number of fused-ring (bicyclic) bond motifs is 3. The molecule has 1 aliphatic carbocycles. The number of nitrogens with zero attached hydrogens (tertiary/aromatic N) is 1. The predicted molar refractivity (Wildman–Crippen MR) is 230 cm³/mol. The Labute approximate surface area is 314 Å². The summed E-state index contributed by atoms with van der Waals surface area (Å²) in [6.07, 6.45) is 25.8. The molecule has 0 radical (unpaired) electrons. The molecule has 0 unspecified atom stereocenters. The van der Waals surface area contributed by atoms with E-state index in [0.29, 0.717) is 0 Å². The van der Waals surface area contributed by atoms with Gasteiger partial charge in [0.1, 0.15) is 0 Å². The molecular formula is C51H57N. The van der Waals surface area contributed by atoms with Crippen molar-refractivity contribution in [2.45, 2.75) is 87.5 Å². The number of aliphatic imine (C=N–C) groups is 1. The van der Waals surface area contributed by atoms with Gasteiger partial charge in [0.2, 0.25) is 0 Å². The van der Waals surface area contributed by atoms with Gasteiger partial charge in [-0.3, -0.25) is 4.99 Å². The maximum absolute atomic E-state index is 5.25. The summed E-state index contributed by atoms with van der Waals surface area (Å²) in [7, 11) is 0. The molecule has 0 atom stereocenters. The van der Waals surface area contributed by atoms with Crippen molar-refractivity contribution in [2.24, 2.45) is 10.4 Å². The molecule has 0 heterocycles. The van der Waals surface area contributed by atoms with Crippen LogP contribution >= 0.6 is 0 Å². The van der Waals surface area contributed by atoms with Crippen LogP contribution in [0.4, 0.5) is 5.69 Å². The monoisotopic (exact) mass is 683 g/mol. The van der Waals surface area contributed by atoms with Gasteiger partial charge in [-0.1, -0.05) is 161 Å². The number of allylic oxidation sites excluding steroid dienone is 11. The molecule has 1 aliphatic rings. The quantitative estimate of drug-likeness (QED) is 0.0665. The van der Waals surface area contributed by atoms with Crippen molar-refractivity contribution in [3.8, 4) is 22.3 Å². The maximum atomic E-state index is 5.25. The lowest BCUT2D eigenvalue weighted by Gasteiger charge is -2.23. The Kier molecular flexibility index (Phi) is 13.2. The average Bonchev–Trinajstić information content (AvgIpc) is 3.53. The number of hydrogen-bond donors (Lipinski definition) is 0. The van der Waals surface area contributed by atoms with Crippen molar-refractivity contribution >= 4 is 23.6 Å². The molecule has 0 aliphatic heterocycles. The molecule has 4 aromatic rings. The third-order valence-corrected chi connectivity index (χ3v) is 10.2. The van der Waals surface area contributed by atoms with Crippen molar-refractivity contribution in [1.82, 2.24) is 0 Å². The largest absolute Gasteiger partial charge is 0.256 e. The van der Waals surface area contributed by atoms with Crippen molar-refractivity contribution in [1.29, 1.82) is 0 Å². The Morgan fingerprint density at radius 1 is 0.808 bits per heavy atom. The van der Waals surface area contributed by atoms with Gasteiger partial charge in [-0.25, -0.2) is 0 Å². The lowest BCUT2D eigenvalue weighted by molar-refractivity contribution is 0.510. The molecule has 1 nitrogen and oxygen atoms in total. The van der Waals surface area contributed by atoms with Crippen LogP contribution in [-0.4, -0.2) is 6.21 Å². The van der Waals surface area contributed by atoms with Crippen molar-refractivity contribution in [2.75, 3.05) is 0 Å². The molecule has 0 N–H and O–H groups in total. The molecule has 0 fully saturated rings. The van der Waals surface area contributed by atoms with Crippen molar-refractivity contribution < 1.29 is 0 Å². The second-order valence-electron chi connectivity index (χ2n) is 14.9. The second kappa shape index (κ2) is 18.0. The van der Waals surface area contributed by atoms with E-state index >= 15 is 0 Å². The van der Waals surface area contributed by atoms with Gasteiger partial charge in [0.15, 0.2) is 0 Å². The Bertz CT molecular complexity index is 2070. The summed E-state index contributed by atoms with van der Waals surface area (Å²) in [6, 6.07) is 30.5. The topological polar surface area (TPSA) is 12.4 Å². The first-order chi connectivity index (χ1) is 25.2. The molecule has 0 aromatic heterocycles. The molecule has 0 saturated carbocycles. The molecule has 52 heavy (non-hydrogen) atoms. The van der Waals surface area contributed by atoms with Gasteiger partial charge in [-0.2, -0.15) is 0 Å². The van der Waals surface area contributed by atoms with Gasteiger partial charge in [0, 0.05) is 11.8 Å². The summed E-state index contributed by atoms with van der Waals surface area (Å²) in [6.45, 7) is 17.9. The summed E-state index contributed by atoms with van der Waals surface area (Å²) in [4.78, 5) is 5.25. The van der Waals surface area contributed by atoms with E-state index in [0.717, 1.165) is 29.7 Å². The molecule has 0 spiro atoms. The van der Waals surface area contributed by atoms with E-state index in [1.165, 1.54) is 80.5 Å². The van der Waals surface area contributed by atoms with E-state index in [9.17, 15) is 0 Å². The summed E-state index contributed by atoms with van der Waals surface area (Å²) in [5.74, 6) is 0. The Hall–Kier alpha value is -5.01. The van der Waals surface area contributed by atoms with E-state index in [4.69, 9.17) is 4.99 Å². The van der Waals surface area contributed by atoms with E-state index in [1.807, 2.05) is 6.21 Å². The highest BCUT2D eigenvalue weighted by Gasteiger charge is 2.24. The highest BCUT2D eigenvalue weighted by molar-refractivity contribution is 5.94. The van der Waals surface area contributed by atoms with Gasteiger partial charge in [0.25, 0.3) is 0 Å². The maximum Gasteiger partial charge on any atom is 0.0708 e. The van der Waals surface area contributed by atoms with Crippen LogP contribution < -0.4 is 0 Å². The lowest BCUT2D eigenvalue weighted by Crippen LogP contribution is -2.10. The van der Waals surface area contributed by atoms with Gasteiger partial charge in [-0.05, 0) is 132 Å². The third-order valence-electron chi connectivity index (χ3n) is 10.2. The fourth-order valence-corrected chi connectivity index (χ4v) is 7.24. The van der Waals surface area contributed by atoms with Gasteiger partial charge in [0.05, 0.1) is 5.69 Å². The fraction of sp³-hybridized carbons (Fsp3) is 0.275. The molecule has 266 valence electrons. The van der Waals surface area contributed by atoms with Crippen LogP contribution in [-0.2, 0) is 6.42 Å². The van der Waals surface area contributed by atoms with Crippen LogP contribution in [0.5, 0.6) is 0 Å². The average molecular weight is 684 g/mol. The van der Waals surface area contributed by atoms with Gasteiger partial charge < -0.3 is 0 Å². The van der Waals surface area contributed by atoms with E-state index in [2.05, 4.69) is 189 Å². The zero-order valence-corrected chi connectivity index (χ0v) is 32.8. The second-order valence-corrected chi connectivity index (χ2v) is 14.9. The summed E-state index contributed by atoms with van der Waals surface area (Å²) >= 11 is 0. The van der Waals surface area contributed by atoms with E-state index in [1.54, 1.807) is 0 Å². The number of hydrogen-bond acceptors (Lipinski definition) is 1. The van der Waals surface area contributed by atoms with Crippen LogP contribution in [0.15, 0.2) is 149 Å². The summed E-state index contributed by atoms with van der Waals surface area (Å²) in [5, 5.41) is 0. The molecule has 0 bridgehead atoms. The van der Waals surface area contributed by atoms with Crippen molar-refractivity contribution in [3.05, 3.63) is 172 Å². The smallest absolute Gasteiger partial charge is 0.0708 e. The van der Waals surface area contributed by atoms with Crippen LogP contribution in [0.3, 0.4) is 0 Å². The van der Waals surface area contributed by atoms with Crippen LogP contribution in [0.1, 0.15) is 102 Å². The van der Waals surface area contributed by atoms with E-state index in [-0.39, 0.29) is 5.41 Å². The molecule has 1 heteroatoms. The number of para-hydroxylation sites is 1. The first-order valence-electron chi connectivity index (χ1n) is 19.2. The highest BCUT2D eigenvalue weighted by Crippen LogP contribution is 2.45. The summed E-state index contributed by atoms with van der Waals surface area (Å²) in [5.41, 5.74) is 17.6. The SMILES string of the molecule is C/C=C(C)/C(=C\C=C/c1c(-c2ccccc2/N=C/C(C=CCCCCC)=C\C(=C/C)c2ccccc2)cc2c(c1C)Cc1ccccc1-2)C(C)(C)C. The minimum absolute atomic E-state index is 0.0444. The van der Waals surface area contributed by atoms with Crippen LogP contribution in [0, 0.1) is 12.3 Å². The first-order valence-corrected chi connectivity index (χ1v) is 19.2. The minimum Gasteiger partial charge on any atom is -0.256 e. The van der Waals surface area contributed by atoms with E-state index < -0.39 is 0 Å². The molecular weight excluding hydrogens is 627 g/mol. The van der Waals surface area contributed by atoms with Crippen molar-refractivity contribution in [3.63, 3.8) is 0 Å². The Morgan fingerprint density at radius 2 is 1.52 bits per heavy atom. The fourth-order valence-electron chi connectivity index (χ4n) is 7.24. The summed E-state index contributed by atoms with van der Waals surface area (Å²) < 4.78 is 0. The Morgan fingerprint density at radius 3 is 2.23 bits per heavy atom. The normalized spacial score (nSPS) is 14.2. The first kappa shape index (κ1) is 38.2. The number of benzene rings is 4. The van der Waals surface area contributed by atoms with Crippen LogP contribution in [0.2, 0.25) is 0 Å². The molecule has 0 saturated heterocycles. The zero-order chi connectivity index (χ0) is 37.1. The molecule has 4 aromatic carbocycles. The zero-order valence-electron chi connectivity index (χ0n) is 32.8. The van der Waals surface area contributed by atoms with Crippen LogP contribution in [0.25, 0.3) is 33.9 Å². The standard InChI is InChI=1S/C51H57N/c1-9-12-13-14-16-24-39(33-40(11-3)41-25-17-15-18-26-41)36-52-50-32-22-21-29-45(50)47-35-48-44-28-20-19-27-42(44)34-46(48)38(5)43(47)30-23-31-49(37(4)10-2)51(6,7)8/h10-11,15-33,35-36H,9,12-14,34H2,1-8H3/b24-16?,30-23-,37-10+,39-33-,40-11+,49-31+,52-36+. The van der Waals surface area contributed by atoms with Gasteiger partial charge >= 0.3 is 0 Å². The third kappa shape index (κ3) is 9.25. The Balaban J connectivity index is 1.64. The predicted octanol–water partition coefficient (Wildman–Crippen LogP) is 15.1. The minimum atomic E-state index is 0.0444. The molecule has 5 rings (SSSR count). The highest BCUT2D eigenvalue weighted by atomic mass is 14.7. The number of rotatable bonds is 13. The van der Waals surface area contributed by atoms with Gasteiger partial charge in [-0.15, -0.1) is 0 Å². The lowest BCUT2D eigenvalue weighted by atomic mass is 9.82. The number of unbranched alkanes of at least 4 members (excludes halogenated alkanes) is 3. The molecule has 0 amide bonds.